The molecule has 20 heavy (non-hydrogen) atoms. The van der Waals surface area contributed by atoms with Crippen molar-refractivity contribution in [2.75, 3.05) is 12.3 Å². The second-order valence-electron chi connectivity index (χ2n) is 4.85. The SMILES string of the molecule is CCC1CCCN1C(=O)c1cc([N+](=O)[O-])cc(Cl)c1N. The minimum Gasteiger partial charge on any atom is -0.397 e. The van der Waals surface area contributed by atoms with Gasteiger partial charge in [0, 0.05) is 24.7 Å². The number of nitrogen functional groups attached to an aromatic ring is 1. The maximum Gasteiger partial charge on any atom is 0.271 e. The van der Waals surface area contributed by atoms with Crippen LogP contribution in [0.1, 0.15) is 36.5 Å². The molecule has 108 valence electrons. The Kier molecular flexibility index (Phi) is 4.13. The topological polar surface area (TPSA) is 89.5 Å². The zero-order valence-corrected chi connectivity index (χ0v) is 11.9. The summed E-state index contributed by atoms with van der Waals surface area (Å²) in [6, 6.07) is 2.53. The van der Waals surface area contributed by atoms with E-state index in [2.05, 4.69) is 0 Å². The van der Waals surface area contributed by atoms with Gasteiger partial charge in [-0.15, -0.1) is 0 Å². The van der Waals surface area contributed by atoms with Gasteiger partial charge in [0.25, 0.3) is 11.6 Å². The number of hydrogen-bond donors (Lipinski definition) is 1. The van der Waals surface area contributed by atoms with Gasteiger partial charge in [-0.2, -0.15) is 0 Å². The van der Waals surface area contributed by atoms with Gasteiger partial charge in [-0.25, -0.2) is 0 Å². The highest BCUT2D eigenvalue weighted by molar-refractivity contribution is 6.34. The summed E-state index contributed by atoms with van der Waals surface area (Å²) in [5.41, 5.74) is 5.80. The quantitative estimate of drug-likeness (QED) is 0.528. The first kappa shape index (κ1) is 14.6. The molecule has 2 N–H and O–H groups in total. The van der Waals surface area contributed by atoms with Crippen molar-refractivity contribution in [3.05, 3.63) is 32.8 Å². The van der Waals surface area contributed by atoms with Crippen LogP contribution in [-0.4, -0.2) is 28.3 Å². The molecule has 0 radical (unpaired) electrons. The number of anilines is 1. The Bertz CT molecular complexity index is 562. The number of halogens is 1. The van der Waals surface area contributed by atoms with E-state index in [1.807, 2.05) is 6.92 Å². The minimum absolute atomic E-state index is 0.0368. The summed E-state index contributed by atoms with van der Waals surface area (Å²) < 4.78 is 0. The van der Waals surface area contributed by atoms with Crippen molar-refractivity contribution in [3.63, 3.8) is 0 Å². The minimum atomic E-state index is -0.580. The van der Waals surface area contributed by atoms with E-state index in [1.165, 1.54) is 6.07 Å². The molecule has 0 aromatic heterocycles. The molecule has 1 atom stereocenters. The third-order valence-electron chi connectivity index (χ3n) is 3.66. The fraction of sp³-hybridized carbons (Fsp3) is 0.462. The third-order valence-corrected chi connectivity index (χ3v) is 3.98. The van der Waals surface area contributed by atoms with E-state index in [0.29, 0.717) is 6.54 Å². The van der Waals surface area contributed by atoms with Gasteiger partial charge in [-0.1, -0.05) is 18.5 Å². The molecular formula is C13H16ClN3O3. The zero-order chi connectivity index (χ0) is 14.9. The molecule has 1 amide bonds. The van der Waals surface area contributed by atoms with Gasteiger partial charge in [0.15, 0.2) is 0 Å². The summed E-state index contributed by atoms with van der Waals surface area (Å²) in [6.45, 7) is 2.66. The molecule has 1 aromatic rings. The van der Waals surface area contributed by atoms with Crippen molar-refractivity contribution in [1.82, 2.24) is 4.90 Å². The van der Waals surface area contributed by atoms with Crippen molar-refractivity contribution in [1.29, 1.82) is 0 Å². The van der Waals surface area contributed by atoms with Crippen LogP contribution in [0.4, 0.5) is 11.4 Å². The van der Waals surface area contributed by atoms with Crippen LogP contribution in [0.3, 0.4) is 0 Å². The lowest BCUT2D eigenvalue weighted by Crippen LogP contribution is -2.35. The van der Waals surface area contributed by atoms with Crippen LogP contribution in [0.5, 0.6) is 0 Å². The highest BCUT2D eigenvalue weighted by Crippen LogP contribution is 2.31. The monoisotopic (exact) mass is 297 g/mol. The van der Waals surface area contributed by atoms with E-state index in [4.69, 9.17) is 17.3 Å². The molecule has 1 aliphatic heterocycles. The summed E-state index contributed by atoms with van der Waals surface area (Å²) in [7, 11) is 0. The number of benzene rings is 1. The molecule has 6 nitrogen and oxygen atoms in total. The maximum atomic E-state index is 12.5. The third kappa shape index (κ3) is 2.56. The van der Waals surface area contributed by atoms with Crippen LogP contribution in [0.15, 0.2) is 12.1 Å². The number of carbonyl (C=O) groups excluding carboxylic acids is 1. The van der Waals surface area contributed by atoms with E-state index in [0.717, 1.165) is 25.3 Å². The van der Waals surface area contributed by atoms with Crippen LogP contribution in [-0.2, 0) is 0 Å². The molecule has 1 aromatic carbocycles. The van der Waals surface area contributed by atoms with E-state index >= 15 is 0 Å². The van der Waals surface area contributed by atoms with Crippen molar-refractivity contribution < 1.29 is 9.72 Å². The molecule has 0 saturated carbocycles. The molecule has 0 spiro atoms. The Labute approximate surface area is 121 Å². The number of nitro groups is 1. The van der Waals surface area contributed by atoms with Crippen molar-refractivity contribution >= 4 is 28.9 Å². The van der Waals surface area contributed by atoms with E-state index in [1.54, 1.807) is 4.90 Å². The van der Waals surface area contributed by atoms with E-state index < -0.39 is 4.92 Å². The Morgan fingerprint density at radius 3 is 2.90 bits per heavy atom. The number of nitrogens with two attached hydrogens (primary N) is 1. The Balaban J connectivity index is 2.41. The molecule has 1 fully saturated rings. The number of carbonyl (C=O) groups is 1. The summed E-state index contributed by atoms with van der Waals surface area (Å²) in [6.07, 6.45) is 2.74. The number of hydrogen-bond acceptors (Lipinski definition) is 4. The van der Waals surface area contributed by atoms with Crippen LogP contribution in [0.25, 0.3) is 0 Å². The molecule has 7 heteroatoms. The zero-order valence-electron chi connectivity index (χ0n) is 11.1. The van der Waals surface area contributed by atoms with Crippen LogP contribution >= 0.6 is 11.6 Å². The predicted molar refractivity (Wildman–Crippen MR) is 76.9 cm³/mol. The van der Waals surface area contributed by atoms with Crippen LogP contribution < -0.4 is 5.73 Å². The first-order valence-corrected chi connectivity index (χ1v) is 6.87. The standard InChI is InChI=1S/C13H16ClN3O3/c1-2-8-4-3-5-16(8)13(18)10-6-9(17(19)20)7-11(14)12(10)15/h6-8H,2-5,15H2,1H3. The number of rotatable bonds is 3. The summed E-state index contributed by atoms with van der Waals surface area (Å²) in [4.78, 5) is 24.5. The normalized spacial score (nSPS) is 18.3. The summed E-state index contributed by atoms with van der Waals surface area (Å²) in [5, 5.41) is 10.9. The van der Waals surface area contributed by atoms with Crippen LogP contribution in [0, 0.1) is 10.1 Å². The number of nitro benzene ring substituents is 1. The molecule has 0 aliphatic carbocycles. The number of likely N-dealkylation sites (tertiary alicyclic amines) is 1. The molecule has 1 heterocycles. The predicted octanol–water partition coefficient (Wildman–Crippen LogP) is 2.85. The Morgan fingerprint density at radius 2 is 2.30 bits per heavy atom. The fourth-order valence-electron chi connectivity index (χ4n) is 2.57. The smallest absolute Gasteiger partial charge is 0.271 e. The molecule has 2 rings (SSSR count). The van der Waals surface area contributed by atoms with E-state index in [9.17, 15) is 14.9 Å². The van der Waals surface area contributed by atoms with Gasteiger partial charge >= 0.3 is 0 Å². The van der Waals surface area contributed by atoms with Gasteiger partial charge in [0.1, 0.15) is 0 Å². The average Bonchev–Trinajstić information content (AvgIpc) is 2.89. The van der Waals surface area contributed by atoms with Crippen molar-refractivity contribution in [2.45, 2.75) is 32.2 Å². The summed E-state index contributed by atoms with van der Waals surface area (Å²) in [5.74, 6) is -0.280. The number of nitrogens with zero attached hydrogens (tertiary/aromatic N) is 2. The lowest BCUT2D eigenvalue weighted by atomic mass is 10.1. The first-order chi connectivity index (χ1) is 9.45. The van der Waals surface area contributed by atoms with Crippen LogP contribution in [0.2, 0.25) is 5.02 Å². The number of amides is 1. The second kappa shape index (κ2) is 5.66. The molecule has 0 bridgehead atoms. The molecule has 1 unspecified atom stereocenters. The average molecular weight is 298 g/mol. The Morgan fingerprint density at radius 1 is 1.60 bits per heavy atom. The van der Waals surface area contributed by atoms with Crippen molar-refractivity contribution in [2.24, 2.45) is 0 Å². The number of non-ortho nitro benzene ring substituents is 1. The van der Waals surface area contributed by atoms with Gasteiger partial charge in [-0.05, 0) is 19.3 Å². The van der Waals surface area contributed by atoms with Gasteiger partial charge in [0.05, 0.1) is 21.2 Å². The van der Waals surface area contributed by atoms with Gasteiger partial charge < -0.3 is 10.6 Å². The largest absolute Gasteiger partial charge is 0.397 e. The highest BCUT2D eigenvalue weighted by atomic mass is 35.5. The van der Waals surface area contributed by atoms with Gasteiger partial charge in [-0.3, -0.25) is 14.9 Å². The van der Waals surface area contributed by atoms with Gasteiger partial charge in [0.2, 0.25) is 0 Å². The molecule has 1 aliphatic rings. The van der Waals surface area contributed by atoms with E-state index in [-0.39, 0.29) is 33.9 Å². The highest BCUT2D eigenvalue weighted by Gasteiger charge is 2.30. The summed E-state index contributed by atoms with van der Waals surface area (Å²) >= 11 is 5.88. The first-order valence-electron chi connectivity index (χ1n) is 6.50. The van der Waals surface area contributed by atoms with Crippen molar-refractivity contribution in [3.8, 4) is 0 Å². The second-order valence-corrected chi connectivity index (χ2v) is 5.26. The fourth-order valence-corrected chi connectivity index (χ4v) is 2.78. The molecule has 1 saturated heterocycles. The lowest BCUT2D eigenvalue weighted by Gasteiger charge is -2.24. The molecular weight excluding hydrogens is 282 g/mol. The lowest BCUT2D eigenvalue weighted by molar-refractivity contribution is -0.384. The maximum absolute atomic E-state index is 12.5. The Hall–Kier alpha value is -1.82.